The van der Waals surface area contributed by atoms with Crippen LogP contribution in [0.2, 0.25) is 0 Å². The van der Waals surface area contributed by atoms with Gasteiger partial charge in [-0.25, -0.2) is 0 Å². The fourth-order valence-corrected chi connectivity index (χ4v) is 2.21. The highest BCUT2D eigenvalue weighted by atomic mass is 19.4. The van der Waals surface area contributed by atoms with Crippen molar-refractivity contribution < 1.29 is 18.3 Å². The monoisotopic (exact) mass is 255 g/mol. The molecule has 1 fully saturated rings. The Bertz CT molecular complexity index is 486. The highest BCUT2D eigenvalue weighted by Gasteiger charge is 2.45. The molecule has 1 unspecified atom stereocenters. The van der Waals surface area contributed by atoms with Crippen molar-refractivity contribution in [3.05, 3.63) is 35.4 Å². The quantitative estimate of drug-likeness (QED) is 0.879. The summed E-state index contributed by atoms with van der Waals surface area (Å²) in [6.07, 6.45) is -3.71. The largest absolute Gasteiger partial charge is 0.416 e. The van der Waals surface area contributed by atoms with E-state index in [9.17, 15) is 18.3 Å². The Hall–Kier alpha value is -1.54. The molecule has 2 rings (SSSR count). The van der Waals surface area contributed by atoms with E-state index >= 15 is 0 Å². The second kappa shape index (κ2) is 4.29. The Morgan fingerprint density at radius 3 is 2.44 bits per heavy atom. The first-order valence-electron chi connectivity index (χ1n) is 5.65. The molecule has 1 saturated carbocycles. The zero-order valence-corrected chi connectivity index (χ0v) is 9.54. The first kappa shape index (κ1) is 12.9. The van der Waals surface area contributed by atoms with Crippen molar-refractivity contribution in [3.8, 4) is 6.07 Å². The average Bonchev–Trinajstić information content (AvgIpc) is 2.27. The van der Waals surface area contributed by atoms with Crippen LogP contribution < -0.4 is 0 Å². The van der Waals surface area contributed by atoms with Gasteiger partial charge >= 0.3 is 6.18 Å². The van der Waals surface area contributed by atoms with Crippen LogP contribution in [0.25, 0.3) is 0 Å². The van der Waals surface area contributed by atoms with Crippen LogP contribution in [-0.2, 0) is 6.18 Å². The molecule has 0 aliphatic heterocycles. The third-order valence-electron chi connectivity index (χ3n) is 3.52. The zero-order chi connectivity index (χ0) is 13.4. The topological polar surface area (TPSA) is 44.0 Å². The number of benzene rings is 1. The Morgan fingerprint density at radius 2 is 2.00 bits per heavy atom. The molecule has 5 heteroatoms. The Balaban J connectivity index is 2.32. The van der Waals surface area contributed by atoms with E-state index in [-0.39, 0.29) is 5.56 Å². The van der Waals surface area contributed by atoms with Crippen LogP contribution in [0.5, 0.6) is 0 Å². The van der Waals surface area contributed by atoms with E-state index in [0.717, 1.165) is 18.6 Å². The van der Waals surface area contributed by atoms with Crippen molar-refractivity contribution in [2.75, 3.05) is 0 Å². The van der Waals surface area contributed by atoms with Gasteiger partial charge < -0.3 is 5.11 Å². The molecule has 1 aromatic carbocycles. The summed E-state index contributed by atoms with van der Waals surface area (Å²) in [5, 5.41) is 19.2. The zero-order valence-electron chi connectivity index (χ0n) is 9.54. The highest BCUT2D eigenvalue weighted by Crippen LogP contribution is 2.50. The second-order valence-corrected chi connectivity index (χ2v) is 4.65. The number of halogens is 3. The highest BCUT2D eigenvalue weighted by molar-refractivity contribution is 5.30. The van der Waals surface area contributed by atoms with E-state index in [4.69, 9.17) is 5.26 Å². The van der Waals surface area contributed by atoms with Gasteiger partial charge in [-0.3, -0.25) is 0 Å². The molecule has 18 heavy (non-hydrogen) atoms. The Labute approximate surface area is 103 Å². The fourth-order valence-electron chi connectivity index (χ4n) is 2.21. The van der Waals surface area contributed by atoms with Crippen LogP contribution in [0.15, 0.2) is 24.3 Å². The minimum atomic E-state index is -4.44. The standard InChI is InChI=1S/C13H12F3NO/c14-13(15,16)10-4-1-3-9(7-10)11(18)12(8-17)5-2-6-12/h1,3-4,7,11,18H,2,5-6H2. The van der Waals surface area contributed by atoms with Crippen LogP contribution in [0.4, 0.5) is 13.2 Å². The summed E-state index contributed by atoms with van der Waals surface area (Å²) in [6.45, 7) is 0. The van der Waals surface area contributed by atoms with Crippen LogP contribution >= 0.6 is 0 Å². The third-order valence-corrected chi connectivity index (χ3v) is 3.52. The van der Waals surface area contributed by atoms with Gasteiger partial charge in [-0.1, -0.05) is 18.6 Å². The summed E-state index contributed by atoms with van der Waals surface area (Å²) >= 11 is 0. The summed E-state index contributed by atoms with van der Waals surface area (Å²) in [6, 6.07) is 6.60. The van der Waals surface area contributed by atoms with Gasteiger partial charge in [-0.2, -0.15) is 18.4 Å². The minimum Gasteiger partial charge on any atom is -0.387 e. The van der Waals surface area contributed by atoms with E-state index in [1.165, 1.54) is 12.1 Å². The number of hydrogen-bond acceptors (Lipinski definition) is 2. The fraction of sp³-hybridized carbons (Fsp3) is 0.462. The number of rotatable bonds is 2. The van der Waals surface area contributed by atoms with Crippen molar-refractivity contribution in [2.24, 2.45) is 5.41 Å². The first-order valence-corrected chi connectivity index (χ1v) is 5.65. The number of aliphatic hydroxyl groups excluding tert-OH is 1. The van der Waals surface area contributed by atoms with E-state index < -0.39 is 23.3 Å². The van der Waals surface area contributed by atoms with E-state index in [1.54, 1.807) is 0 Å². The number of nitriles is 1. The molecule has 1 aliphatic rings. The van der Waals surface area contributed by atoms with Gasteiger partial charge in [-0.05, 0) is 30.5 Å². The van der Waals surface area contributed by atoms with Crippen molar-refractivity contribution >= 4 is 0 Å². The van der Waals surface area contributed by atoms with Gasteiger partial charge in [0.05, 0.1) is 23.2 Å². The molecule has 0 saturated heterocycles. The predicted molar refractivity (Wildman–Crippen MR) is 58.3 cm³/mol. The van der Waals surface area contributed by atoms with E-state index in [2.05, 4.69) is 0 Å². The number of nitrogens with zero attached hydrogens (tertiary/aromatic N) is 1. The van der Waals surface area contributed by atoms with Gasteiger partial charge in [0, 0.05) is 0 Å². The van der Waals surface area contributed by atoms with Crippen LogP contribution in [0.1, 0.15) is 36.5 Å². The lowest BCUT2D eigenvalue weighted by Crippen LogP contribution is -2.34. The maximum absolute atomic E-state index is 12.6. The van der Waals surface area contributed by atoms with Crippen molar-refractivity contribution in [1.82, 2.24) is 0 Å². The first-order chi connectivity index (χ1) is 8.39. The lowest BCUT2D eigenvalue weighted by molar-refractivity contribution is -0.137. The summed E-state index contributed by atoms with van der Waals surface area (Å²) in [7, 11) is 0. The minimum absolute atomic E-state index is 0.158. The molecule has 1 aliphatic carbocycles. The number of alkyl halides is 3. The molecule has 1 N–H and O–H groups in total. The molecular formula is C13H12F3NO. The van der Waals surface area contributed by atoms with E-state index in [1.807, 2.05) is 6.07 Å². The van der Waals surface area contributed by atoms with Crippen LogP contribution in [0.3, 0.4) is 0 Å². The second-order valence-electron chi connectivity index (χ2n) is 4.65. The SMILES string of the molecule is N#CC1(C(O)c2cccc(C(F)(F)F)c2)CCC1. The molecule has 0 bridgehead atoms. The summed E-state index contributed by atoms with van der Waals surface area (Å²) in [5.74, 6) is 0. The van der Waals surface area contributed by atoms with Gasteiger partial charge in [0.1, 0.15) is 0 Å². The van der Waals surface area contributed by atoms with Gasteiger partial charge in [-0.15, -0.1) is 0 Å². The van der Waals surface area contributed by atoms with Gasteiger partial charge in [0.25, 0.3) is 0 Å². The molecule has 96 valence electrons. The smallest absolute Gasteiger partial charge is 0.387 e. The number of aliphatic hydroxyl groups is 1. The third kappa shape index (κ3) is 2.08. The molecule has 0 spiro atoms. The summed E-state index contributed by atoms with van der Waals surface area (Å²) in [5.41, 5.74) is -1.55. The van der Waals surface area contributed by atoms with Gasteiger partial charge in [0.15, 0.2) is 0 Å². The Kier molecular flexibility index (Phi) is 3.07. The van der Waals surface area contributed by atoms with Crippen molar-refractivity contribution in [1.29, 1.82) is 5.26 Å². The molecule has 1 atom stereocenters. The lowest BCUT2D eigenvalue weighted by atomic mass is 9.64. The van der Waals surface area contributed by atoms with Crippen molar-refractivity contribution in [2.45, 2.75) is 31.5 Å². The maximum atomic E-state index is 12.6. The van der Waals surface area contributed by atoms with Crippen LogP contribution in [-0.4, -0.2) is 5.11 Å². The predicted octanol–water partition coefficient (Wildman–Crippen LogP) is 3.43. The summed E-state index contributed by atoms with van der Waals surface area (Å²) < 4.78 is 37.7. The molecule has 2 nitrogen and oxygen atoms in total. The lowest BCUT2D eigenvalue weighted by Gasteiger charge is -2.39. The number of hydrogen-bond donors (Lipinski definition) is 1. The Morgan fingerprint density at radius 1 is 1.33 bits per heavy atom. The summed E-state index contributed by atoms with van der Waals surface area (Å²) in [4.78, 5) is 0. The molecule has 0 radical (unpaired) electrons. The van der Waals surface area contributed by atoms with E-state index in [0.29, 0.717) is 12.8 Å². The molecular weight excluding hydrogens is 243 g/mol. The molecule has 0 heterocycles. The van der Waals surface area contributed by atoms with Gasteiger partial charge in [0.2, 0.25) is 0 Å². The van der Waals surface area contributed by atoms with Crippen LogP contribution in [0, 0.1) is 16.7 Å². The van der Waals surface area contributed by atoms with Crippen molar-refractivity contribution in [3.63, 3.8) is 0 Å². The molecule has 0 aromatic heterocycles. The average molecular weight is 255 g/mol. The molecule has 1 aromatic rings. The molecule has 0 amide bonds. The normalized spacial score (nSPS) is 19.7. The maximum Gasteiger partial charge on any atom is 0.416 e.